The smallest absolute Gasteiger partial charge is 0.262 e. The molecule has 1 atom stereocenters. The standard InChI is InChI=1S/C21H20N2O3S/c24-14-16-8-4-9-17(12-16)22-20(25)18(13-15-6-2-1-3-7-15)23-21(26)19-10-5-11-27-19/h1-12,18,24H,13-14H2,(H,22,25)(H,23,26). The Bertz CT molecular complexity index is 895. The number of nitrogens with one attached hydrogen (secondary N) is 2. The summed E-state index contributed by atoms with van der Waals surface area (Å²) in [6, 6.07) is 19.3. The van der Waals surface area contributed by atoms with Gasteiger partial charge in [0.1, 0.15) is 6.04 Å². The number of hydrogen-bond donors (Lipinski definition) is 3. The number of amides is 2. The molecule has 3 aromatic rings. The molecule has 2 amide bonds. The number of thiophene rings is 1. The third-order valence-electron chi connectivity index (χ3n) is 4.03. The molecule has 0 saturated heterocycles. The van der Waals surface area contributed by atoms with E-state index in [-0.39, 0.29) is 18.4 Å². The van der Waals surface area contributed by atoms with Crippen LogP contribution in [0.25, 0.3) is 0 Å². The number of carbonyl (C=O) groups excluding carboxylic acids is 2. The molecule has 0 bridgehead atoms. The predicted molar refractivity (Wildman–Crippen MR) is 107 cm³/mol. The molecule has 0 spiro atoms. The lowest BCUT2D eigenvalue weighted by atomic mass is 10.0. The molecule has 1 unspecified atom stereocenters. The van der Waals surface area contributed by atoms with Crippen LogP contribution in [0.1, 0.15) is 20.8 Å². The average molecular weight is 380 g/mol. The molecule has 1 aromatic heterocycles. The number of rotatable bonds is 7. The van der Waals surface area contributed by atoms with Crippen molar-refractivity contribution >= 4 is 28.8 Å². The lowest BCUT2D eigenvalue weighted by molar-refractivity contribution is -0.118. The quantitative estimate of drug-likeness (QED) is 0.589. The van der Waals surface area contributed by atoms with Crippen molar-refractivity contribution in [2.24, 2.45) is 0 Å². The Balaban J connectivity index is 1.77. The van der Waals surface area contributed by atoms with Gasteiger partial charge in [-0.15, -0.1) is 11.3 Å². The van der Waals surface area contributed by atoms with Crippen molar-refractivity contribution in [2.45, 2.75) is 19.1 Å². The number of anilines is 1. The van der Waals surface area contributed by atoms with Gasteiger partial charge in [-0.3, -0.25) is 9.59 Å². The van der Waals surface area contributed by atoms with Crippen molar-refractivity contribution in [2.75, 3.05) is 5.32 Å². The molecule has 3 rings (SSSR count). The molecule has 138 valence electrons. The molecule has 0 aliphatic carbocycles. The zero-order valence-corrected chi connectivity index (χ0v) is 15.4. The zero-order chi connectivity index (χ0) is 19.1. The minimum absolute atomic E-state index is 0.105. The minimum atomic E-state index is -0.722. The molecule has 5 nitrogen and oxygen atoms in total. The van der Waals surface area contributed by atoms with Crippen LogP contribution in [0, 0.1) is 0 Å². The first-order chi connectivity index (χ1) is 13.2. The topological polar surface area (TPSA) is 78.4 Å². The van der Waals surface area contributed by atoms with Crippen LogP contribution in [0.3, 0.4) is 0 Å². The molecule has 0 radical (unpaired) electrons. The molecule has 6 heteroatoms. The maximum atomic E-state index is 12.8. The van der Waals surface area contributed by atoms with Gasteiger partial charge in [0, 0.05) is 12.1 Å². The number of benzene rings is 2. The lowest BCUT2D eigenvalue weighted by Gasteiger charge is -2.18. The first kappa shape index (κ1) is 18.8. The Morgan fingerprint density at radius 2 is 1.74 bits per heavy atom. The van der Waals surface area contributed by atoms with Crippen molar-refractivity contribution in [1.29, 1.82) is 0 Å². The Labute approximate surface area is 161 Å². The van der Waals surface area contributed by atoms with Crippen LogP contribution in [0.5, 0.6) is 0 Å². The first-order valence-corrected chi connectivity index (χ1v) is 9.42. The Morgan fingerprint density at radius 3 is 2.44 bits per heavy atom. The van der Waals surface area contributed by atoms with E-state index in [9.17, 15) is 14.7 Å². The lowest BCUT2D eigenvalue weighted by Crippen LogP contribution is -2.45. The van der Waals surface area contributed by atoms with Crippen molar-refractivity contribution in [3.8, 4) is 0 Å². The van der Waals surface area contributed by atoms with Gasteiger partial charge in [-0.1, -0.05) is 48.5 Å². The summed E-state index contributed by atoms with van der Waals surface area (Å²) in [4.78, 5) is 25.8. The van der Waals surface area contributed by atoms with E-state index in [0.717, 1.165) is 5.56 Å². The van der Waals surface area contributed by atoms with E-state index < -0.39 is 6.04 Å². The van der Waals surface area contributed by atoms with E-state index in [1.807, 2.05) is 35.7 Å². The van der Waals surface area contributed by atoms with Crippen molar-refractivity contribution in [3.05, 3.63) is 88.1 Å². The number of aliphatic hydroxyl groups is 1. The molecular weight excluding hydrogens is 360 g/mol. The Morgan fingerprint density at radius 1 is 0.963 bits per heavy atom. The largest absolute Gasteiger partial charge is 0.392 e. The molecule has 2 aromatic carbocycles. The minimum Gasteiger partial charge on any atom is -0.392 e. The van der Waals surface area contributed by atoms with Crippen LogP contribution in [-0.2, 0) is 17.8 Å². The number of carbonyl (C=O) groups is 2. The highest BCUT2D eigenvalue weighted by atomic mass is 32.1. The summed E-state index contributed by atoms with van der Waals surface area (Å²) in [6.07, 6.45) is 0.378. The summed E-state index contributed by atoms with van der Waals surface area (Å²) in [5, 5.41) is 16.7. The first-order valence-electron chi connectivity index (χ1n) is 8.54. The van der Waals surface area contributed by atoms with Crippen LogP contribution in [0.4, 0.5) is 5.69 Å². The maximum absolute atomic E-state index is 12.8. The molecular formula is C21H20N2O3S. The van der Waals surface area contributed by atoms with Crippen LogP contribution in [0.15, 0.2) is 72.1 Å². The van der Waals surface area contributed by atoms with Gasteiger partial charge in [0.15, 0.2) is 0 Å². The van der Waals surface area contributed by atoms with Crippen LogP contribution < -0.4 is 10.6 Å². The van der Waals surface area contributed by atoms with Gasteiger partial charge < -0.3 is 15.7 Å². The molecule has 27 heavy (non-hydrogen) atoms. The molecule has 3 N–H and O–H groups in total. The highest BCUT2D eigenvalue weighted by Crippen LogP contribution is 2.14. The highest BCUT2D eigenvalue weighted by molar-refractivity contribution is 7.12. The van der Waals surface area contributed by atoms with E-state index in [4.69, 9.17) is 0 Å². The van der Waals surface area contributed by atoms with Crippen LogP contribution >= 0.6 is 11.3 Å². The molecule has 0 aliphatic heterocycles. The summed E-state index contributed by atoms with van der Waals surface area (Å²) in [5.41, 5.74) is 2.23. The van der Waals surface area contributed by atoms with E-state index >= 15 is 0 Å². The molecule has 0 aliphatic rings. The van der Waals surface area contributed by atoms with Crippen molar-refractivity contribution in [1.82, 2.24) is 5.32 Å². The summed E-state index contributed by atoms with van der Waals surface area (Å²) in [6.45, 7) is -0.105. The third kappa shape index (κ3) is 5.26. The van der Waals surface area contributed by atoms with E-state index in [1.54, 1.807) is 36.4 Å². The SMILES string of the molecule is O=C(NC(Cc1ccccc1)C(=O)Nc1cccc(CO)c1)c1cccs1. The number of aliphatic hydroxyl groups excluding tert-OH is 1. The Kier molecular flexibility index (Phi) is 6.35. The zero-order valence-electron chi connectivity index (χ0n) is 14.6. The highest BCUT2D eigenvalue weighted by Gasteiger charge is 2.22. The third-order valence-corrected chi connectivity index (χ3v) is 4.90. The summed E-state index contributed by atoms with van der Waals surface area (Å²) in [5.74, 6) is -0.580. The fourth-order valence-electron chi connectivity index (χ4n) is 2.67. The van der Waals surface area contributed by atoms with E-state index in [0.29, 0.717) is 22.5 Å². The van der Waals surface area contributed by atoms with Crippen molar-refractivity contribution in [3.63, 3.8) is 0 Å². The molecule has 0 fully saturated rings. The predicted octanol–water partition coefficient (Wildman–Crippen LogP) is 3.22. The average Bonchev–Trinajstić information content (AvgIpc) is 3.23. The second-order valence-corrected chi connectivity index (χ2v) is 6.99. The van der Waals surface area contributed by atoms with Gasteiger partial charge in [-0.25, -0.2) is 0 Å². The van der Waals surface area contributed by atoms with Crippen LogP contribution in [-0.4, -0.2) is 23.0 Å². The molecule has 1 heterocycles. The van der Waals surface area contributed by atoms with Crippen molar-refractivity contribution < 1.29 is 14.7 Å². The Hall–Kier alpha value is -2.96. The van der Waals surface area contributed by atoms with Gasteiger partial charge in [0.05, 0.1) is 11.5 Å². The second-order valence-electron chi connectivity index (χ2n) is 6.04. The second kappa shape index (κ2) is 9.12. The summed E-state index contributed by atoms with van der Waals surface area (Å²) < 4.78 is 0. The number of hydrogen-bond acceptors (Lipinski definition) is 4. The summed E-state index contributed by atoms with van der Waals surface area (Å²) in [7, 11) is 0. The normalized spacial score (nSPS) is 11.6. The summed E-state index contributed by atoms with van der Waals surface area (Å²) >= 11 is 1.33. The van der Waals surface area contributed by atoms with Gasteiger partial charge in [-0.2, -0.15) is 0 Å². The van der Waals surface area contributed by atoms with E-state index in [1.165, 1.54) is 11.3 Å². The van der Waals surface area contributed by atoms with Gasteiger partial charge in [-0.05, 0) is 34.7 Å². The molecule has 0 saturated carbocycles. The fourth-order valence-corrected chi connectivity index (χ4v) is 3.30. The van der Waals surface area contributed by atoms with Gasteiger partial charge in [0.25, 0.3) is 5.91 Å². The van der Waals surface area contributed by atoms with Gasteiger partial charge >= 0.3 is 0 Å². The van der Waals surface area contributed by atoms with Crippen LogP contribution in [0.2, 0.25) is 0 Å². The van der Waals surface area contributed by atoms with E-state index in [2.05, 4.69) is 10.6 Å². The fraction of sp³-hybridized carbons (Fsp3) is 0.143. The maximum Gasteiger partial charge on any atom is 0.262 e. The van der Waals surface area contributed by atoms with Gasteiger partial charge in [0.2, 0.25) is 5.91 Å². The monoisotopic (exact) mass is 380 g/mol.